The number of hydroxylamine groups is 1. The van der Waals surface area contributed by atoms with Gasteiger partial charge in [-0.1, -0.05) is 20.8 Å². The fraction of sp³-hybridized carbons (Fsp3) is 0.750. The van der Waals surface area contributed by atoms with E-state index in [0.29, 0.717) is 0 Å². The standard InChI is InChI=1S/C12H23N3O4/c1-8(2)19-15-10(17)7-13-9(16)6-14-11(18)12(3,4)5/h8H,6-7H2,1-5H3,(H,13,16)(H,14,18)(H,15,17). The summed E-state index contributed by atoms with van der Waals surface area (Å²) in [5.74, 6) is -1.11. The van der Waals surface area contributed by atoms with E-state index < -0.39 is 17.2 Å². The molecule has 0 saturated carbocycles. The quantitative estimate of drug-likeness (QED) is 0.580. The number of amides is 3. The number of hydrogen-bond donors (Lipinski definition) is 3. The fourth-order valence-electron chi connectivity index (χ4n) is 0.887. The van der Waals surface area contributed by atoms with Gasteiger partial charge in [-0.15, -0.1) is 0 Å². The van der Waals surface area contributed by atoms with Gasteiger partial charge in [-0.3, -0.25) is 19.2 Å². The Hall–Kier alpha value is -1.63. The lowest BCUT2D eigenvalue weighted by Gasteiger charge is -2.17. The zero-order valence-electron chi connectivity index (χ0n) is 12.1. The molecule has 0 aromatic heterocycles. The van der Waals surface area contributed by atoms with E-state index in [2.05, 4.69) is 16.1 Å². The molecular weight excluding hydrogens is 250 g/mol. The van der Waals surface area contributed by atoms with Crippen molar-refractivity contribution in [2.75, 3.05) is 13.1 Å². The van der Waals surface area contributed by atoms with Gasteiger partial charge in [0.05, 0.1) is 19.2 Å². The summed E-state index contributed by atoms with van der Waals surface area (Å²) in [4.78, 5) is 38.9. The van der Waals surface area contributed by atoms with Gasteiger partial charge in [0.15, 0.2) is 0 Å². The molecule has 7 nitrogen and oxygen atoms in total. The van der Waals surface area contributed by atoms with Gasteiger partial charge in [-0.05, 0) is 13.8 Å². The van der Waals surface area contributed by atoms with Crippen LogP contribution in [0.25, 0.3) is 0 Å². The van der Waals surface area contributed by atoms with E-state index in [9.17, 15) is 14.4 Å². The van der Waals surface area contributed by atoms with E-state index in [-0.39, 0.29) is 25.1 Å². The first kappa shape index (κ1) is 17.4. The molecular formula is C12H23N3O4. The molecule has 0 saturated heterocycles. The molecule has 0 heterocycles. The number of carbonyl (C=O) groups is 3. The Morgan fingerprint density at radius 2 is 1.53 bits per heavy atom. The Morgan fingerprint density at radius 3 is 2.00 bits per heavy atom. The summed E-state index contributed by atoms with van der Waals surface area (Å²) in [6, 6.07) is 0. The van der Waals surface area contributed by atoms with Crippen LogP contribution in [0.2, 0.25) is 0 Å². The Balaban J connectivity index is 3.82. The Morgan fingerprint density at radius 1 is 1.00 bits per heavy atom. The molecule has 0 atom stereocenters. The van der Waals surface area contributed by atoms with Crippen LogP contribution >= 0.6 is 0 Å². The van der Waals surface area contributed by atoms with Crippen LogP contribution in [-0.2, 0) is 19.2 Å². The molecule has 0 aliphatic rings. The molecule has 19 heavy (non-hydrogen) atoms. The minimum atomic E-state index is -0.553. The van der Waals surface area contributed by atoms with E-state index >= 15 is 0 Å². The summed E-state index contributed by atoms with van der Waals surface area (Å²) in [6.07, 6.45) is -0.134. The molecule has 0 aliphatic heterocycles. The average Bonchev–Trinajstić information content (AvgIpc) is 2.29. The second-order valence-corrected chi connectivity index (χ2v) is 5.40. The third-order valence-electron chi connectivity index (χ3n) is 1.95. The molecule has 110 valence electrons. The Bertz CT molecular complexity index is 334. The lowest BCUT2D eigenvalue weighted by molar-refractivity contribution is -0.137. The summed E-state index contributed by atoms with van der Waals surface area (Å²) < 4.78 is 0. The van der Waals surface area contributed by atoms with E-state index in [1.165, 1.54) is 0 Å². The monoisotopic (exact) mass is 273 g/mol. The highest BCUT2D eigenvalue weighted by Crippen LogP contribution is 2.11. The molecule has 0 aliphatic carbocycles. The number of rotatable bonds is 6. The van der Waals surface area contributed by atoms with Crippen LogP contribution in [0.3, 0.4) is 0 Å². The van der Waals surface area contributed by atoms with Gasteiger partial charge in [0.25, 0.3) is 5.91 Å². The molecule has 0 aromatic rings. The van der Waals surface area contributed by atoms with Crippen molar-refractivity contribution in [1.29, 1.82) is 0 Å². The molecule has 0 spiro atoms. The zero-order chi connectivity index (χ0) is 15.1. The lowest BCUT2D eigenvalue weighted by atomic mass is 9.96. The molecule has 3 N–H and O–H groups in total. The second kappa shape index (κ2) is 7.73. The number of hydrogen-bond acceptors (Lipinski definition) is 4. The molecule has 0 unspecified atom stereocenters. The van der Waals surface area contributed by atoms with Crippen LogP contribution in [0.15, 0.2) is 0 Å². The summed E-state index contributed by atoms with van der Waals surface area (Å²) in [5, 5.41) is 4.85. The highest BCUT2D eigenvalue weighted by molar-refractivity contribution is 5.89. The number of carbonyl (C=O) groups excluding carboxylic acids is 3. The van der Waals surface area contributed by atoms with Gasteiger partial charge < -0.3 is 10.6 Å². The lowest BCUT2D eigenvalue weighted by Crippen LogP contribution is -2.44. The molecule has 3 amide bonds. The molecule has 0 aromatic carbocycles. The van der Waals surface area contributed by atoms with Gasteiger partial charge in [0.2, 0.25) is 11.8 Å². The van der Waals surface area contributed by atoms with Crippen molar-refractivity contribution in [1.82, 2.24) is 16.1 Å². The van der Waals surface area contributed by atoms with E-state index in [1.54, 1.807) is 34.6 Å². The van der Waals surface area contributed by atoms with Crippen LogP contribution in [0, 0.1) is 5.41 Å². The maximum Gasteiger partial charge on any atom is 0.262 e. The largest absolute Gasteiger partial charge is 0.347 e. The van der Waals surface area contributed by atoms with Crippen molar-refractivity contribution in [2.24, 2.45) is 5.41 Å². The van der Waals surface area contributed by atoms with Gasteiger partial charge in [0.1, 0.15) is 0 Å². The zero-order valence-corrected chi connectivity index (χ0v) is 12.1. The number of nitrogens with one attached hydrogen (secondary N) is 3. The third kappa shape index (κ3) is 9.01. The first-order valence-corrected chi connectivity index (χ1v) is 6.12. The molecule has 0 rings (SSSR count). The predicted octanol–water partition coefficient (Wildman–Crippen LogP) is -0.279. The highest BCUT2D eigenvalue weighted by Gasteiger charge is 2.21. The SMILES string of the molecule is CC(C)ONC(=O)CNC(=O)CNC(=O)C(C)(C)C. The van der Waals surface area contributed by atoms with Crippen LogP contribution in [0.1, 0.15) is 34.6 Å². The second-order valence-electron chi connectivity index (χ2n) is 5.40. The fourth-order valence-corrected chi connectivity index (χ4v) is 0.887. The van der Waals surface area contributed by atoms with Gasteiger partial charge >= 0.3 is 0 Å². The summed E-state index contributed by atoms with van der Waals surface area (Å²) >= 11 is 0. The van der Waals surface area contributed by atoms with Gasteiger partial charge in [-0.2, -0.15) is 0 Å². The molecule has 0 bridgehead atoms. The first-order valence-electron chi connectivity index (χ1n) is 6.12. The topological polar surface area (TPSA) is 96.5 Å². The van der Waals surface area contributed by atoms with Crippen molar-refractivity contribution in [3.05, 3.63) is 0 Å². The Kier molecular flexibility index (Phi) is 7.06. The van der Waals surface area contributed by atoms with Crippen LogP contribution in [-0.4, -0.2) is 36.9 Å². The van der Waals surface area contributed by atoms with Gasteiger partial charge in [-0.25, -0.2) is 5.48 Å². The molecule has 0 radical (unpaired) electrons. The minimum Gasteiger partial charge on any atom is -0.347 e. The first-order chi connectivity index (χ1) is 8.62. The van der Waals surface area contributed by atoms with Crippen molar-refractivity contribution >= 4 is 17.7 Å². The highest BCUT2D eigenvalue weighted by atomic mass is 16.7. The van der Waals surface area contributed by atoms with Crippen LogP contribution < -0.4 is 16.1 Å². The van der Waals surface area contributed by atoms with Gasteiger partial charge in [0, 0.05) is 5.41 Å². The van der Waals surface area contributed by atoms with E-state index in [0.717, 1.165) is 0 Å². The smallest absolute Gasteiger partial charge is 0.262 e. The van der Waals surface area contributed by atoms with Crippen molar-refractivity contribution in [3.8, 4) is 0 Å². The normalized spacial score (nSPS) is 11.1. The van der Waals surface area contributed by atoms with E-state index in [1.807, 2.05) is 0 Å². The minimum absolute atomic E-state index is 0.134. The average molecular weight is 273 g/mol. The summed E-state index contributed by atoms with van der Waals surface area (Å²) in [5.41, 5.74) is 1.63. The van der Waals surface area contributed by atoms with Crippen molar-refractivity contribution in [2.45, 2.75) is 40.7 Å². The maximum absolute atomic E-state index is 11.5. The third-order valence-corrected chi connectivity index (χ3v) is 1.95. The van der Waals surface area contributed by atoms with Crippen LogP contribution in [0.4, 0.5) is 0 Å². The predicted molar refractivity (Wildman–Crippen MR) is 69.8 cm³/mol. The van der Waals surface area contributed by atoms with E-state index in [4.69, 9.17) is 4.84 Å². The summed E-state index contributed by atoms with van der Waals surface area (Å²) in [6.45, 7) is 8.41. The molecule has 0 fully saturated rings. The van der Waals surface area contributed by atoms with Crippen LogP contribution in [0.5, 0.6) is 0 Å². The van der Waals surface area contributed by atoms with Crippen molar-refractivity contribution < 1.29 is 19.2 Å². The summed E-state index contributed by atoms with van der Waals surface area (Å²) in [7, 11) is 0. The maximum atomic E-state index is 11.5. The Labute approximate surface area is 113 Å². The molecule has 7 heteroatoms. The van der Waals surface area contributed by atoms with Crippen molar-refractivity contribution in [3.63, 3.8) is 0 Å².